The summed E-state index contributed by atoms with van der Waals surface area (Å²) in [5.41, 5.74) is -4.30. The molecule has 1 heterocycles. The lowest BCUT2D eigenvalue weighted by atomic mass is 10.1. The van der Waals surface area contributed by atoms with Gasteiger partial charge in [-0.3, -0.25) is 4.98 Å². The summed E-state index contributed by atoms with van der Waals surface area (Å²) in [6.07, 6.45) is -8.37. The number of pyridine rings is 1. The number of carboxylic acid groups (broad SMARTS) is 1. The lowest BCUT2D eigenvalue weighted by Crippen LogP contribution is -2.16. The molecule has 100 valence electrons. The summed E-state index contributed by atoms with van der Waals surface area (Å²) in [4.78, 5) is 13.4. The summed E-state index contributed by atoms with van der Waals surface area (Å²) >= 11 is 0. The minimum atomic E-state index is -5.13. The van der Waals surface area contributed by atoms with Crippen molar-refractivity contribution in [1.82, 2.24) is 4.98 Å². The second-order valence-electron chi connectivity index (χ2n) is 3.07. The van der Waals surface area contributed by atoms with E-state index in [-0.39, 0.29) is 0 Å². The van der Waals surface area contributed by atoms with Gasteiger partial charge in [-0.05, 0) is 0 Å². The molecule has 0 saturated carbocycles. The highest BCUT2D eigenvalue weighted by atomic mass is 19.4. The molecule has 0 atom stereocenters. The molecule has 0 amide bonds. The molecular weight excluding hydrogens is 265 g/mol. The highest BCUT2D eigenvalue weighted by Crippen LogP contribution is 2.41. The average molecular weight is 271 g/mol. The van der Waals surface area contributed by atoms with E-state index in [9.17, 15) is 26.7 Å². The second-order valence-corrected chi connectivity index (χ2v) is 3.07. The normalized spacial score (nSPS) is 11.7. The molecule has 0 spiro atoms. The van der Waals surface area contributed by atoms with E-state index in [1.807, 2.05) is 0 Å². The van der Waals surface area contributed by atoms with Gasteiger partial charge in [0.25, 0.3) is 6.43 Å². The van der Waals surface area contributed by atoms with Crippen LogP contribution in [0, 0.1) is 0 Å². The Balaban J connectivity index is 3.64. The fraction of sp³-hybridized carbons (Fsp3) is 0.333. The number of ether oxygens (including phenoxy) is 1. The van der Waals surface area contributed by atoms with Gasteiger partial charge in [0.1, 0.15) is 11.3 Å². The fourth-order valence-corrected chi connectivity index (χ4v) is 1.31. The van der Waals surface area contributed by atoms with Gasteiger partial charge in [-0.2, -0.15) is 13.2 Å². The Morgan fingerprint density at radius 3 is 2.33 bits per heavy atom. The Hall–Kier alpha value is -1.93. The maximum absolute atomic E-state index is 12.6. The van der Waals surface area contributed by atoms with Crippen LogP contribution in [0.5, 0.6) is 5.75 Å². The van der Waals surface area contributed by atoms with E-state index < -0.39 is 41.1 Å². The van der Waals surface area contributed by atoms with Crippen LogP contribution in [0.1, 0.15) is 28.0 Å². The van der Waals surface area contributed by atoms with E-state index >= 15 is 0 Å². The number of carbonyl (C=O) groups is 1. The number of alkyl halides is 5. The van der Waals surface area contributed by atoms with Crippen molar-refractivity contribution in [2.75, 3.05) is 7.11 Å². The number of rotatable bonds is 3. The molecule has 0 radical (unpaired) electrons. The van der Waals surface area contributed by atoms with Gasteiger partial charge in [-0.1, -0.05) is 0 Å². The topological polar surface area (TPSA) is 59.4 Å². The highest BCUT2D eigenvalue weighted by Gasteiger charge is 2.41. The van der Waals surface area contributed by atoms with Crippen LogP contribution in [0.15, 0.2) is 6.20 Å². The zero-order valence-electron chi connectivity index (χ0n) is 8.76. The van der Waals surface area contributed by atoms with Crippen LogP contribution in [-0.4, -0.2) is 23.2 Å². The molecule has 0 aromatic carbocycles. The van der Waals surface area contributed by atoms with Crippen molar-refractivity contribution >= 4 is 5.97 Å². The van der Waals surface area contributed by atoms with Gasteiger partial charge in [0, 0.05) is 6.20 Å². The molecule has 1 aromatic heterocycles. The first kappa shape index (κ1) is 14.1. The quantitative estimate of drug-likeness (QED) is 0.859. The van der Waals surface area contributed by atoms with Gasteiger partial charge < -0.3 is 9.84 Å². The third-order valence-corrected chi connectivity index (χ3v) is 1.99. The monoisotopic (exact) mass is 271 g/mol. The van der Waals surface area contributed by atoms with Crippen LogP contribution >= 0.6 is 0 Å². The number of hydrogen-bond donors (Lipinski definition) is 1. The molecule has 4 nitrogen and oxygen atoms in total. The van der Waals surface area contributed by atoms with E-state index in [1.54, 1.807) is 0 Å². The third-order valence-electron chi connectivity index (χ3n) is 1.99. The second kappa shape index (κ2) is 4.75. The molecule has 18 heavy (non-hydrogen) atoms. The minimum absolute atomic E-state index is 0.329. The maximum atomic E-state index is 12.6. The van der Waals surface area contributed by atoms with Crippen LogP contribution in [0.3, 0.4) is 0 Å². The van der Waals surface area contributed by atoms with E-state index in [1.165, 1.54) is 0 Å². The van der Waals surface area contributed by atoms with E-state index in [4.69, 9.17) is 5.11 Å². The van der Waals surface area contributed by atoms with Crippen molar-refractivity contribution in [2.45, 2.75) is 12.6 Å². The third kappa shape index (κ3) is 2.49. The van der Waals surface area contributed by atoms with Gasteiger partial charge in [-0.25, -0.2) is 13.6 Å². The Bertz CT molecular complexity index is 472. The number of hydrogen-bond acceptors (Lipinski definition) is 3. The summed E-state index contributed by atoms with van der Waals surface area (Å²) in [7, 11) is 0.799. The lowest BCUT2D eigenvalue weighted by Gasteiger charge is -2.16. The zero-order valence-corrected chi connectivity index (χ0v) is 8.76. The molecule has 1 rings (SSSR count). The smallest absolute Gasteiger partial charge is 0.433 e. The maximum Gasteiger partial charge on any atom is 0.433 e. The average Bonchev–Trinajstić information content (AvgIpc) is 2.25. The Labute approximate surface area is 97.0 Å². The van der Waals surface area contributed by atoms with Crippen molar-refractivity contribution in [2.24, 2.45) is 0 Å². The molecule has 0 aliphatic rings. The van der Waals surface area contributed by atoms with E-state index in [0.29, 0.717) is 6.20 Å². The first-order chi connectivity index (χ1) is 8.20. The first-order valence-electron chi connectivity index (χ1n) is 4.35. The Morgan fingerprint density at radius 2 is 2.00 bits per heavy atom. The molecule has 0 bridgehead atoms. The van der Waals surface area contributed by atoms with E-state index in [0.717, 1.165) is 7.11 Å². The molecule has 0 unspecified atom stereocenters. The SMILES string of the molecule is COc1c(C(=O)O)cnc(C(F)(F)F)c1C(F)F. The summed E-state index contributed by atoms with van der Waals surface area (Å²) < 4.78 is 67.0. The van der Waals surface area contributed by atoms with Crippen molar-refractivity contribution in [3.8, 4) is 5.75 Å². The number of aromatic nitrogens is 1. The standard InChI is InChI=1S/C9H6F5NO3/c1-18-5-3(8(16)17)2-15-6(9(12,13)14)4(5)7(10)11/h2,7H,1H3,(H,16,17). The van der Waals surface area contributed by atoms with Crippen LogP contribution in [0.25, 0.3) is 0 Å². The fourth-order valence-electron chi connectivity index (χ4n) is 1.31. The summed E-state index contributed by atoms with van der Waals surface area (Å²) in [6.45, 7) is 0. The van der Waals surface area contributed by atoms with Crippen molar-refractivity contribution in [3.63, 3.8) is 0 Å². The van der Waals surface area contributed by atoms with Crippen LogP contribution in [0.2, 0.25) is 0 Å². The zero-order chi connectivity index (χ0) is 14.1. The number of carboxylic acids is 1. The Kier molecular flexibility index (Phi) is 3.73. The summed E-state index contributed by atoms with van der Waals surface area (Å²) in [5, 5.41) is 8.65. The molecular formula is C9H6F5NO3. The van der Waals surface area contributed by atoms with Gasteiger partial charge in [-0.15, -0.1) is 0 Å². The lowest BCUT2D eigenvalue weighted by molar-refractivity contribution is -0.143. The molecule has 0 aliphatic carbocycles. The predicted octanol–water partition coefficient (Wildman–Crippen LogP) is 2.74. The van der Waals surface area contributed by atoms with Gasteiger partial charge in [0.15, 0.2) is 5.69 Å². The minimum Gasteiger partial charge on any atom is -0.495 e. The van der Waals surface area contributed by atoms with Crippen molar-refractivity contribution < 1.29 is 36.6 Å². The van der Waals surface area contributed by atoms with Gasteiger partial charge in [0.2, 0.25) is 0 Å². The van der Waals surface area contributed by atoms with Gasteiger partial charge >= 0.3 is 12.1 Å². The van der Waals surface area contributed by atoms with E-state index in [2.05, 4.69) is 9.72 Å². The number of methoxy groups -OCH3 is 1. The van der Waals surface area contributed by atoms with Gasteiger partial charge in [0.05, 0.1) is 12.7 Å². The molecule has 1 N–H and O–H groups in total. The highest BCUT2D eigenvalue weighted by molar-refractivity contribution is 5.91. The van der Waals surface area contributed by atoms with Crippen LogP contribution in [-0.2, 0) is 6.18 Å². The summed E-state index contributed by atoms with van der Waals surface area (Å²) in [6, 6.07) is 0. The molecule has 9 heteroatoms. The number of halogens is 5. The van der Waals surface area contributed by atoms with Crippen molar-refractivity contribution in [3.05, 3.63) is 23.0 Å². The van der Waals surface area contributed by atoms with Crippen LogP contribution < -0.4 is 4.74 Å². The predicted molar refractivity (Wildman–Crippen MR) is 47.7 cm³/mol. The van der Waals surface area contributed by atoms with Crippen LogP contribution in [0.4, 0.5) is 22.0 Å². The molecule has 0 saturated heterocycles. The summed E-state index contributed by atoms with van der Waals surface area (Å²) in [5.74, 6) is -2.75. The Morgan fingerprint density at radius 1 is 1.44 bits per heavy atom. The molecule has 0 fully saturated rings. The van der Waals surface area contributed by atoms with Crippen molar-refractivity contribution in [1.29, 1.82) is 0 Å². The first-order valence-corrected chi connectivity index (χ1v) is 4.35. The molecule has 0 aliphatic heterocycles. The number of nitrogens with zero attached hydrogens (tertiary/aromatic N) is 1. The molecule has 1 aromatic rings. The largest absolute Gasteiger partial charge is 0.495 e. The number of aromatic carboxylic acids is 1.